The normalized spacial score (nSPS) is 11.8. The van der Waals surface area contributed by atoms with Crippen LogP contribution in [0.5, 0.6) is 17.2 Å². The van der Waals surface area contributed by atoms with E-state index in [2.05, 4.69) is 17.2 Å². The first kappa shape index (κ1) is 16.1. The second-order valence-corrected chi connectivity index (χ2v) is 4.89. The molecule has 1 atom stereocenters. The van der Waals surface area contributed by atoms with Gasteiger partial charge in [0, 0.05) is 18.8 Å². The summed E-state index contributed by atoms with van der Waals surface area (Å²) in [6.07, 6.45) is 1.80. The van der Waals surface area contributed by atoms with E-state index in [4.69, 9.17) is 14.2 Å². The standard InChI is InChI=1S/C17H22N2O3/c1-12(14-7-5-6-8-18-14)19-11-13-9-15(20-2)17(22-4)16(10-13)21-3/h5-10,12,19H,11H2,1-4H3. The van der Waals surface area contributed by atoms with E-state index in [1.807, 2.05) is 30.3 Å². The smallest absolute Gasteiger partial charge is 0.203 e. The average molecular weight is 302 g/mol. The molecule has 0 fully saturated rings. The van der Waals surface area contributed by atoms with Gasteiger partial charge in [-0.3, -0.25) is 4.98 Å². The zero-order valence-corrected chi connectivity index (χ0v) is 13.4. The monoisotopic (exact) mass is 302 g/mol. The first-order valence-electron chi connectivity index (χ1n) is 7.12. The van der Waals surface area contributed by atoms with Crippen LogP contribution < -0.4 is 19.5 Å². The molecule has 0 spiro atoms. The molecule has 0 aliphatic rings. The van der Waals surface area contributed by atoms with Crippen molar-refractivity contribution in [1.82, 2.24) is 10.3 Å². The summed E-state index contributed by atoms with van der Waals surface area (Å²) in [6.45, 7) is 2.76. The van der Waals surface area contributed by atoms with Crippen molar-refractivity contribution in [2.24, 2.45) is 0 Å². The van der Waals surface area contributed by atoms with Gasteiger partial charge in [0.05, 0.1) is 27.0 Å². The van der Waals surface area contributed by atoms with Crippen molar-refractivity contribution >= 4 is 0 Å². The number of hydrogen-bond acceptors (Lipinski definition) is 5. The molecular formula is C17H22N2O3. The maximum atomic E-state index is 5.37. The fraction of sp³-hybridized carbons (Fsp3) is 0.353. The van der Waals surface area contributed by atoms with Crippen LogP contribution in [-0.4, -0.2) is 26.3 Å². The molecule has 1 N–H and O–H groups in total. The quantitative estimate of drug-likeness (QED) is 0.852. The largest absolute Gasteiger partial charge is 0.493 e. The maximum Gasteiger partial charge on any atom is 0.203 e. The van der Waals surface area contributed by atoms with Crippen molar-refractivity contribution in [2.75, 3.05) is 21.3 Å². The second-order valence-electron chi connectivity index (χ2n) is 4.89. The van der Waals surface area contributed by atoms with E-state index in [-0.39, 0.29) is 6.04 Å². The van der Waals surface area contributed by atoms with Crippen LogP contribution in [0.3, 0.4) is 0 Å². The minimum Gasteiger partial charge on any atom is -0.493 e. The van der Waals surface area contributed by atoms with Crippen molar-refractivity contribution in [3.8, 4) is 17.2 Å². The number of methoxy groups -OCH3 is 3. The van der Waals surface area contributed by atoms with Crippen LogP contribution in [0.15, 0.2) is 36.5 Å². The van der Waals surface area contributed by atoms with Gasteiger partial charge in [-0.05, 0) is 36.8 Å². The summed E-state index contributed by atoms with van der Waals surface area (Å²) >= 11 is 0. The second kappa shape index (κ2) is 7.66. The molecule has 1 aromatic carbocycles. The molecule has 22 heavy (non-hydrogen) atoms. The molecule has 1 aromatic heterocycles. The van der Waals surface area contributed by atoms with Crippen molar-refractivity contribution < 1.29 is 14.2 Å². The fourth-order valence-electron chi connectivity index (χ4n) is 2.25. The zero-order valence-electron chi connectivity index (χ0n) is 13.4. The van der Waals surface area contributed by atoms with Gasteiger partial charge in [0.2, 0.25) is 5.75 Å². The molecule has 5 nitrogen and oxygen atoms in total. The highest BCUT2D eigenvalue weighted by Gasteiger charge is 2.14. The van der Waals surface area contributed by atoms with Gasteiger partial charge in [-0.15, -0.1) is 0 Å². The lowest BCUT2D eigenvalue weighted by Crippen LogP contribution is -2.19. The molecule has 0 saturated carbocycles. The minimum absolute atomic E-state index is 0.153. The third kappa shape index (κ3) is 3.68. The lowest BCUT2D eigenvalue weighted by molar-refractivity contribution is 0.323. The number of aromatic nitrogens is 1. The zero-order chi connectivity index (χ0) is 15.9. The molecular weight excluding hydrogens is 280 g/mol. The SMILES string of the molecule is COc1cc(CNC(C)c2ccccn2)cc(OC)c1OC. The van der Waals surface area contributed by atoms with E-state index in [0.29, 0.717) is 23.8 Å². The predicted octanol–water partition coefficient (Wildman–Crippen LogP) is 2.96. The topological polar surface area (TPSA) is 52.6 Å². The maximum absolute atomic E-state index is 5.37. The summed E-state index contributed by atoms with van der Waals surface area (Å²) in [4.78, 5) is 4.35. The molecule has 2 rings (SSSR count). The van der Waals surface area contributed by atoms with Gasteiger partial charge in [0.15, 0.2) is 11.5 Å². The van der Waals surface area contributed by atoms with Gasteiger partial charge in [0.1, 0.15) is 0 Å². The lowest BCUT2D eigenvalue weighted by Gasteiger charge is -2.16. The number of pyridine rings is 1. The van der Waals surface area contributed by atoms with Crippen LogP contribution in [0.4, 0.5) is 0 Å². The first-order chi connectivity index (χ1) is 10.7. The Morgan fingerprint density at radius 3 is 2.23 bits per heavy atom. The number of ether oxygens (including phenoxy) is 3. The van der Waals surface area contributed by atoms with E-state index < -0.39 is 0 Å². The molecule has 1 heterocycles. The first-order valence-corrected chi connectivity index (χ1v) is 7.12. The fourth-order valence-corrected chi connectivity index (χ4v) is 2.25. The van der Waals surface area contributed by atoms with Crippen LogP contribution in [0.2, 0.25) is 0 Å². The van der Waals surface area contributed by atoms with E-state index in [9.17, 15) is 0 Å². The Bertz CT molecular complexity index is 577. The Hall–Kier alpha value is -2.27. The van der Waals surface area contributed by atoms with E-state index >= 15 is 0 Å². The van der Waals surface area contributed by atoms with Gasteiger partial charge in [-0.1, -0.05) is 6.07 Å². The van der Waals surface area contributed by atoms with Crippen LogP contribution in [0.1, 0.15) is 24.2 Å². The third-order valence-electron chi connectivity index (χ3n) is 3.47. The number of benzene rings is 1. The molecule has 1 unspecified atom stereocenters. The van der Waals surface area contributed by atoms with Crippen LogP contribution in [0.25, 0.3) is 0 Å². The van der Waals surface area contributed by atoms with Crippen molar-refractivity contribution in [3.63, 3.8) is 0 Å². The summed E-state index contributed by atoms with van der Waals surface area (Å²) < 4.78 is 16.1. The number of nitrogens with zero attached hydrogens (tertiary/aromatic N) is 1. The summed E-state index contributed by atoms with van der Waals surface area (Å²) in [6, 6.07) is 9.95. The molecule has 5 heteroatoms. The van der Waals surface area contributed by atoms with Gasteiger partial charge in [0.25, 0.3) is 0 Å². The van der Waals surface area contributed by atoms with Crippen LogP contribution >= 0.6 is 0 Å². The van der Waals surface area contributed by atoms with Gasteiger partial charge >= 0.3 is 0 Å². The number of hydrogen-bond donors (Lipinski definition) is 1. The lowest BCUT2D eigenvalue weighted by atomic mass is 10.1. The summed E-state index contributed by atoms with van der Waals surface area (Å²) in [5.41, 5.74) is 2.06. The van der Waals surface area contributed by atoms with Crippen LogP contribution in [-0.2, 0) is 6.54 Å². The molecule has 0 radical (unpaired) electrons. The van der Waals surface area contributed by atoms with Gasteiger partial charge < -0.3 is 19.5 Å². The highest BCUT2D eigenvalue weighted by molar-refractivity contribution is 5.53. The van der Waals surface area contributed by atoms with E-state index in [1.54, 1.807) is 27.5 Å². The molecule has 0 aliphatic heterocycles. The molecule has 0 aliphatic carbocycles. The van der Waals surface area contributed by atoms with E-state index in [0.717, 1.165) is 11.3 Å². The Kier molecular flexibility index (Phi) is 5.61. The van der Waals surface area contributed by atoms with Gasteiger partial charge in [-0.25, -0.2) is 0 Å². The van der Waals surface area contributed by atoms with Gasteiger partial charge in [-0.2, -0.15) is 0 Å². The molecule has 118 valence electrons. The summed E-state index contributed by atoms with van der Waals surface area (Å²) in [7, 11) is 4.83. The summed E-state index contributed by atoms with van der Waals surface area (Å²) in [5, 5.41) is 3.44. The Balaban J connectivity index is 2.13. The molecule has 0 amide bonds. The highest BCUT2D eigenvalue weighted by atomic mass is 16.5. The van der Waals surface area contributed by atoms with E-state index in [1.165, 1.54) is 0 Å². The summed E-state index contributed by atoms with van der Waals surface area (Å²) in [5.74, 6) is 1.92. The Morgan fingerprint density at radius 1 is 1.05 bits per heavy atom. The third-order valence-corrected chi connectivity index (χ3v) is 3.47. The number of rotatable bonds is 7. The molecule has 0 bridgehead atoms. The minimum atomic E-state index is 0.153. The average Bonchev–Trinajstić information content (AvgIpc) is 2.59. The predicted molar refractivity (Wildman–Crippen MR) is 85.6 cm³/mol. The highest BCUT2D eigenvalue weighted by Crippen LogP contribution is 2.38. The number of nitrogens with one attached hydrogen (secondary N) is 1. The van der Waals surface area contributed by atoms with Crippen molar-refractivity contribution in [2.45, 2.75) is 19.5 Å². The van der Waals surface area contributed by atoms with Crippen molar-refractivity contribution in [3.05, 3.63) is 47.8 Å². The van der Waals surface area contributed by atoms with Crippen LogP contribution in [0, 0.1) is 0 Å². The molecule has 2 aromatic rings. The molecule has 0 saturated heterocycles. The Morgan fingerprint density at radius 2 is 1.73 bits per heavy atom. The Labute approximate surface area is 131 Å². The van der Waals surface area contributed by atoms with Crippen molar-refractivity contribution in [1.29, 1.82) is 0 Å².